The Hall–Kier alpha value is -1.09. The summed E-state index contributed by atoms with van der Waals surface area (Å²) in [6.45, 7) is 6.46. The van der Waals surface area contributed by atoms with Gasteiger partial charge in [-0.1, -0.05) is 19.4 Å². The van der Waals surface area contributed by atoms with E-state index in [1.165, 1.54) is 38.2 Å². The van der Waals surface area contributed by atoms with Crippen LogP contribution in [0.5, 0.6) is 0 Å². The molecule has 0 spiro atoms. The van der Waals surface area contributed by atoms with Crippen LogP contribution in [0.1, 0.15) is 31.9 Å². The molecule has 1 aliphatic heterocycles. The van der Waals surface area contributed by atoms with Gasteiger partial charge in [0.25, 0.3) is 0 Å². The molecule has 2 aliphatic rings. The Morgan fingerprint density at radius 1 is 1.28 bits per heavy atom. The Bertz CT molecular complexity index is 392. The van der Waals surface area contributed by atoms with Gasteiger partial charge in [0, 0.05) is 19.6 Å². The summed E-state index contributed by atoms with van der Waals surface area (Å²) in [4.78, 5) is 7.27. The summed E-state index contributed by atoms with van der Waals surface area (Å²) in [5, 5.41) is 3.34. The maximum absolute atomic E-state index is 4.78. The van der Waals surface area contributed by atoms with Crippen LogP contribution < -0.4 is 10.2 Å². The molecule has 0 amide bonds. The molecule has 2 atom stereocenters. The molecule has 0 bridgehead atoms. The van der Waals surface area contributed by atoms with Gasteiger partial charge in [-0.15, -0.1) is 0 Å². The monoisotopic (exact) mass is 245 g/mol. The van der Waals surface area contributed by atoms with Gasteiger partial charge in [-0.05, 0) is 43.4 Å². The molecule has 3 nitrogen and oxygen atoms in total. The van der Waals surface area contributed by atoms with Crippen molar-refractivity contribution in [2.75, 3.05) is 24.5 Å². The first-order valence-electron chi connectivity index (χ1n) is 7.28. The Kier molecular flexibility index (Phi) is 3.50. The minimum atomic E-state index is 0.880. The molecule has 0 aromatic carbocycles. The molecule has 1 aliphatic carbocycles. The third-order valence-corrected chi connectivity index (χ3v) is 4.40. The Labute approximate surface area is 110 Å². The second-order valence-corrected chi connectivity index (χ2v) is 5.62. The van der Waals surface area contributed by atoms with Crippen molar-refractivity contribution in [3.8, 4) is 0 Å². The van der Waals surface area contributed by atoms with Crippen molar-refractivity contribution in [1.29, 1.82) is 0 Å². The summed E-state index contributed by atoms with van der Waals surface area (Å²) >= 11 is 0. The fourth-order valence-corrected chi connectivity index (χ4v) is 3.42. The van der Waals surface area contributed by atoms with Crippen LogP contribution in [-0.4, -0.2) is 24.6 Å². The lowest BCUT2D eigenvalue weighted by Gasteiger charge is -2.19. The van der Waals surface area contributed by atoms with Crippen LogP contribution in [0.4, 0.5) is 5.82 Å². The molecule has 2 unspecified atom stereocenters. The number of fused-ring (bicyclic) bond motifs is 1. The predicted molar refractivity (Wildman–Crippen MR) is 74.7 cm³/mol. The van der Waals surface area contributed by atoms with Gasteiger partial charge in [0.1, 0.15) is 5.82 Å². The van der Waals surface area contributed by atoms with Crippen LogP contribution in [0, 0.1) is 11.8 Å². The second kappa shape index (κ2) is 5.27. The number of nitrogens with one attached hydrogen (secondary N) is 1. The van der Waals surface area contributed by atoms with Gasteiger partial charge >= 0.3 is 0 Å². The molecular formula is C15H23N3. The Morgan fingerprint density at radius 3 is 2.78 bits per heavy atom. The summed E-state index contributed by atoms with van der Waals surface area (Å²) in [7, 11) is 0. The molecule has 1 saturated carbocycles. The van der Waals surface area contributed by atoms with Gasteiger partial charge in [-0.25, -0.2) is 4.98 Å². The van der Waals surface area contributed by atoms with E-state index >= 15 is 0 Å². The van der Waals surface area contributed by atoms with Crippen LogP contribution in [-0.2, 0) is 6.54 Å². The molecule has 3 rings (SSSR count). The van der Waals surface area contributed by atoms with Crippen LogP contribution in [0.25, 0.3) is 0 Å². The highest BCUT2D eigenvalue weighted by atomic mass is 15.2. The lowest BCUT2D eigenvalue weighted by Crippen LogP contribution is -2.22. The van der Waals surface area contributed by atoms with Gasteiger partial charge in [0.05, 0.1) is 5.69 Å². The first-order chi connectivity index (χ1) is 8.86. The molecule has 2 heterocycles. The zero-order valence-corrected chi connectivity index (χ0v) is 11.2. The van der Waals surface area contributed by atoms with E-state index in [1.807, 2.05) is 0 Å². The van der Waals surface area contributed by atoms with Crippen molar-refractivity contribution in [2.24, 2.45) is 11.8 Å². The lowest BCUT2D eigenvalue weighted by atomic mass is 10.0. The van der Waals surface area contributed by atoms with E-state index in [2.05, 4.69) is 35.3 Å². The van der Waals surface area contributed by atoms with Crippen LogP contribution in [0.2, 0.25) is 0 Å². The molecule has 98 valence electrons. The fraction of sp³-hybridized carbons (Fsp3) is 0.667. The lowest BCUT2D eigenvalue weighted by molar-refractivity contribution is 0.494. The van der Waals surface area contributed by atoms with Crippen molar-refractivity contribution >= 4 is 5.82 Å². The molecule has 1 saturated heterocycles. The molecule has 1 aromatic heterocycles. The van der Waals surface area contributed by atoms with Crippen LogP contribution >= 0.6 is 0 Å². The van der Waals surface area contributed by atoms with Crippen molar-refractivity contribution in [3.63, 3.8) is 0 Å². The van der Waals surface area contributed by atoms with E-state index in [4.69, 9.17) is 4.98 Å². The summed E-state index contributed by atoms with van der Waals surface area (Å²) in [5.74, 6) is 3.05. The van der Waals surface area contributed by atoms with E-state index in [0.717, 1.165) is 30.6 Å². The van der Waals surface area contributed by atoms with Gasteiger partial charge in [-0.3, -0.25) is 0 Å². The Morgan fingerprint density at radius 2 is 2.06 bits per heavy atom. The molecule has 1 aromatic rings. The quantitative estimate of drug-likeness (QED) is 0.883. The van der Waals surface area contributed by atoms with Crippen LogP contribution in [0.15, 0.2) is 18.2 Å². The number of nitrogens with zero attached hydrogens (tertiary/aromatic N) is 2. The van der Waals surface area contributed by atoms with Crippen molar-refractivity contribution in [3.05, 3.63) is 23.9 Å². The first kappa shape index (κ1) is 12.0. The van der Waals surface area contributed by atoms with Crippen LogP contribution in [0.3, 0.4) is 0 Å². The third-order valence-electron chi connectivity index (χ3n) is 4.40. The zero-order valence-electron chi connectivity index (χ0n) is 11.2. The van der Waals surface area contributed by atoms with Crippen molar-refractivity contribution < 1.29 is 0 Å². The highest BCUT2D eigenvalue weighted by Crippen LogP contribution is 2.38. The summed E-state index contributed by atoms with van der Waals surface area (Å²) in [6.07, 6.45) is 4.30. The number of hydrogen-bond donors (Lipinski definition) is 1. The standard InChI is InChI=1S/C15H23N3/c1-2-16-9-14-7-4-8-15(17-14)18-10-12-5-3-6-13(12)11-18/h4,7-8,12-13,16H,2-3,5-6,9-11H2,1H3. The number of anilines is 1. The average Bonchev–Trinajstić information content (AvgIpc) is 2.97. The highest BCUT2D eigenvalue weighted by molar-refractivity contribution is 5.41. The van der Waals surface area contributed by atoms with Crippen molar-refractivity contribution in [1.82, 2.24) is 10.3 Å². The number of aromatic nitrogens is 1. The molecule has 1 N–H and O–H groups in total. The Balaban J connectivity index is 1.69. The molecule has 3 heteroatoms. The average molecular weight is 245 g/mol. The van der Waals surface area contributed by atoms with E-state index in [1.54, 1.807) is 0 Å². The topological polar surface area (TPSA) is 28.2 Å². The normalized spacial score (nSPS) is 26.6. The molecular weight excluding hydrogens is 222 g/mol. The summed E-state index contributed by atoms with van der Waals surface area (Å²) in [6, 6.07) is 6.42. The largest absolute Gasteiger partial charge is 0.356 e. The zero-order chi connectivity index (χ0) is 12.4. The van der Waals surface area contributed by atoms with E-state index in [0.29, 0.717) is 0 Å². The second-order valence-electron chi connectivity index (χ2n) is 5.62. The fourth-order valence-electron chi connectivity index (χ4n) is 3.42. The highest BCUT2D eigenvalue weighted by Gasteiger charge is 2.36. The van der Waals surface area contributed by atoms with Gasteiger partial charge in [0.15, 0.2) is 0 Å². The van der Waals surface area contributed by atoms with E-state index in [9.17, 15) is 0 Å². The SMILES string of the molecule is CCNCc1cccc(N2CC3CCCC3C2)n1. The first-order valence-corrected chi connectivity index (χ1v) is 7.28. The van der Waals surface area contributed by atoms with E-state index in [-0.39, 0.29) is 0 Å². The van der Waals surface area contributed by atoms with Gasteiger partial charge in [0.2, 0.25) is 0 Å². The van der Waals surface area contributed by atoms with Crippen molar-refractivity contribution in [2.45, 2.75) is 32.7 Å². The molecule has 18 heavy (non-hydrogen) atoms. The molecule has 0 radical (unpaired) electrons. The van der Waals surface area contributed by atoms with Gasteiger partial charge in [-0.2, -0.15) is 0 Å². The van der Waals surface area contributed by atoms with Gasteiger partial charge < -0.3 is 10.2 Å². The third kappa shape index (κ3) is 2.37. The minimum absolute atomic E-state index is 0.880. The summed E-state index contributed by atoms with van der Waals surface area (Å²) < 4.78 is 0. The minimum Gasteiger partial charge on any atom is -0.356 e. The number of hydrogen-bond acceptors (Lipinski definition) is 3. The smallest absolute Gasteiger partial charge is 0.128 e. The maximum Gasteiger partial charge on any atom is 0.128 e. The summed E-state index contributed by atoms with van der Waals surface area (Å²) in [5.41, 5.74) is 1.16. The number of rotatable bonds is 4. The maximum atomic E-state index is 4.78. The van der Waals surface area contributed by atoms with E-state index < -0.39 is 0 Å². The molecule has 2 fully saturated rings. The number of pyridine rings is 1. The predicted octanol–water partition coefficient (Wildman–Crippen LogP) is 2.43.